The van der Waals surface area contributed by atoms with Gasteiger partial charge in [-0.2, -0.15) is 0 Å². The second kappa shape index (κ2) is 5.77. The van der Waals surface area contributed by atoms with Crippen LogP contribution in [0.25, 0.3) is 0 Å². The van der Waals surface area contributed by atoms with E-state index in [1.54, 1.807) is 0 Å². The number of carbonyl (C=O) groups excluding carboxylic acids is 1. The zero-order valence-corrected chi connectivity index (χ0v) is 12.2. The third kappa shape index (κ3) is 3.59. The lowest BCUT2D eigenvalue weighted by atomic mass is 9.82. The minimum atomic E-state index is -0.150. The molecule has 1 saturated heterocycles. The molecule has 0 spiro atoms. The van der Waals surface area contributed by atoms with Gasteiger partial charge in [-0.25, -0.2) is 0 Å². The van der Waals surface area contributed by atoms with Crippen molar-refractivity contribution in [3.05, 3.63) is 21.9 Å². The number of piperidine rings is 1. The van der Waals surface area contributed by atoms with Gasteiger partial charge in [0.1, 0.15) is 6.61 Å². The molecule has 19 heavy (non-hydrogen) atoms. The van der Waals surface area contributed by atoms with Crippen LogP contribution in [-0.4, -0.2) is 35.6 Å². The van der Waals surface area contributed by atoms with Crippen molar-refractivity contribution in [3.63, 3.8) is 0 Å². The van der Waals surface area contributed by atoms with Crippen LogP contribution in [0.15, 0.2) is 11.4 Å². The normalized spacial score (nSPS) is 17.7. The molecule has 0 aromatic carbocycles. The van der Waals surface area contributed by atoms with E-state index >= 15 is 0 Å². The highest BCUT2D eigenvalue weighted by Gasteiger charge is 2.28. The number of nitrogens with zero attached hydrogens (tertiary/aromatic N) is 1. The molecule has 0 unspecified atom stereocenters. The maximum absolute atomic E-state index is 12.3. The van der Waals surface area contributed by atoms with Gasteiger partial charge in [0.05, 0.1) is 10.4 Å². The van der Waals surface area contributed by atoms with Crippen molar-refractivity contribution in [2.45, 2.75) is 26.7 Å². The van der Waals surface area contributed by atoms with Gasteiger partial charge in [-0.15, -0.1) is 11.3 Å². The fourth-order valence-electron chi connectivity index (χ4n) is 2.14. The first kappa shape index (κ1) is 14.1. The summed E-state index contributed by atoms with van der Waals surface area (Å²) in [7, 11) is 0. The summed E-state index contributed by atoms with van der Waals surface area (Å²) in [5.41, 5.74) is 1.07. The number of carbonyl (C=O) groups is 1. The topological polar surface area (TPSA) is 40.5 Å². The first-order valence-corrected chi connectivity index (χ1v) is 7.37. The minimum Gasteiger partial charge on any atom is -0.384 e. The zero-order chi connectivity index (χ0) is 13.9. The summed E-state index contributed by atoms with van der Waals surface area (Å²) in [6, 6.07) is 1.81. The summed E-state index contributed by atoms with van der Waals surface area (Å²) in [6.07, 6.45) is 2.11. The van der Waals surface area contributed by atoms with E-state index in [0.29, 0.717) is 11.0 Å². The molecule has 0 saturated carbocycles. The van der Waals surface area contributed by atoms with Crippen molar-refractivity contribution in [2.24, 2.45) is 5.41 Å². The monoisotopic (exact) mass is 277 g/mol. The summed E-state index contributed by atoms with van der Waals surface area (Å²) in [5.74, 6) is 5.53. The van der Waals surface area contributed by atoms with Gasteiger partial charge < -0.3 is 10.0 Å². The van der Waals surface area contributed by atoms with Crippen LogP contribution in [0.5, 0.6) is 0 Å². The van der Waals surface area contributed by atoms with Crippen LogP contribution in [-0.2, 0) is 0 Å². The number of hydrogen-bond donors (Lipinski definition) is 1. The van der Waals surface area contributed by atoms with Gasteiger partial charge in [0.25, 0.3) is 5.91 Å². The lowest BCUT2D eigenvalue weighted by Gasteiger charge is -2.36. The Morgan fingerprint density at radius 3 is 2.79 bits per heavy atom. The molecule has 102 valence electrons. The molecule has 3 nitrogen and oxygen atoms in total. The number of likely N-dealkylation sites (tertiary alicyclic amines) is 1. The summed E-state index contributed by atoms with van der Waals surface area (Å²) in [5, 5.41) is 10.5. The number of thiophene rings is 1. The molecule has 1 aliphatic rings. The molecule has 1 aromatic heterocycles. The van der Waals surface area contributed by atoms with E-state index in [4.69, 9.17) is 5.11 Å². The summed E-state index contributed by atoms with van der Waals surface area (Å²) >= 11 is 1.45. The van der Waals surface area contributed by atoms with E-state index in [0.717, 1.165) is 30.8 Å². The molecule has 1 fully saturated rings. The van der Waals surface area contributed by atoms with Gasteiger partial charge >= 0.3 is 0 Å². The van der Waals surface area contributed by atoms with Crippen molar-refractivity contribution in [1.82, 2.24) is 4.90 Å². The average Bonchev–Trinajstić information content (AvgIpc) is 2.84. The average molecular weight is 277 g/mol. The van der Waals surface area contributed by atoms with Crippen molar-refractivity contribution < 1.29 is 9.90 Å². The van der Waals surface area contributed by atoms with Crippen molar-refractivity contribution in [2.75, 3.05) is 19.7 Å². The van der Waals surface area contributed by atoms with Crippen LogP contribution >= 0.6 is 11.3 Å². The zero-order valence-electron chi connectivity index (χ0n) is 11.4. The van der Waals surface area contributed by atoms with E-state index in [-0.39, 0.29) is 12.5 Å². The number of rotatable bonds is 1. The molecule has 1 aliphatic heterocycles. The molecule has 2 heterocycles. The standard InChI is InChI=1S/C15H19NO2S/c1-15(2)5-7-16(8-6-15)14(18)12-10-13(19-11-12)4-3-9-17/h10-11,17H,5-9H2,1-2H3. The molecule has 2 rings (SSSR count). The van der Waals surface area contributed by atoms with Crippen LogP contribution in [0.3, 0.4) is 0 Å². The summed E-state index contributed by atoms with van der Waals surface area (Å²) in [4.78, 5) is 15.1. The molecule has 0 radical (unpaired) electrons. The highest BCUT2D eigenvalue weighted by atomic mass is 32.1. The maximum Gasteiger partial charge on any atom is 0.254 e. The van der Waals surface area contributed by atoms with Gasteiger partial charge in [-0.1, -0.05) is 25.7 Å². The Bertz CT molecular complexity index is 512. The molecule has 1 aromatic rings. The number of hydrogen-bond acceptors (Lipinski definition) is 3. The van der Waals surface area contributed by atoms with Crippen molar-refractivity contribution in [3.8, 4) is 11.8 Å². The quantitative estimate of drug-likeness (QED) is 0.801. The SMILES string of the molecule is CC1(C)CCN(C(=O)c2csc(C#CCO)c2)CC1. The van der Waals surface area contributed by atoms with Crippen LogP contribution in [0, 0.1) is 17.3 Å². The van der Waals surface area contributed by atoms with Gasteiger partial charge in [-0.3, -0.25) is 4.79 Å². The van der Waals surface area contributed by atoms with E-state index in [2.05, 4.69) is 25.7 Å². The Balaban J connectivity index is 2.02. The maximum atomic E-state index is 12.3. The Morgan fingerprint density at radius 2 is 2.16 bits per heavy atom. The summed E-state index contributed by atoms with van der Waals surface area (Å²) < 4.78 is 0. The predicted octanol–water partition coefficient (Wildman–Crippen LogP) is 2.35. The van der Waals surface area contributed by atoms with Gasteiger partial charge in [0.2, 0.25) is 0 Å². The molecule has 0 bridgehead atoms. The van der Waals surface area contributed by atoms with E-state index in [9.17, 15) is 4.79 Å². The van der Waals surface area contributed by atoms with Crippen LogP contribution in [0.1, 0.15) is 41.9 Å². The summed E-state index contributed by atoms with van der Waals surface area (Å²) in [6.45, 7) is 6.02. The Hall–Kier alpha value is -1.31. The van der Waals surface area contributed by atoms with Crippen LogP contribution in [0.2, 0.25) is 0 Å². The van der Waals surface area contributed by atoms with E-state index in [1.807, 2.05) is 16.3 Å². The molecular weight excluding hydrogens is 258 g/mol. The minimum absolute atomic E-state index is 0.101. The molecule has 0 atom stereocenters. The van der Waals surface area contributed by atoms with E-state index in [1.165, 1.54) is 11.3 Å². The largest absolute Gasteiger partial charge is 0.384 e. The highest BCUT2D eigenvalue weighted by molar-refractivity contribution is 7.10. The van der Waals surface area contributed by atoms with Gasteiger partial charge in [0.15, 0.2) is 0 Å². The van der Waals surface area contributed by atoms with Gasteiger partial charge in [0, 0.05) is 18.5 Å². The second-order valence-corrected chi connectivity index (χ2v) is 6.53. The predicted molar refractivity (Wildman–Crippen MR) is 77.2 cm³/mol. The molecule has 1 amide bonds. The third-order valence-electron chi connectivity index (χ3n) is 3.54. The number of aliphatic hydroxyl groups excluding tert-OH is 1. The number of amides is 1. The fourth-order valence-corrected chi connectivity index (χ4v) is 2.89. The lowest BCUT2D eigenvalue weighted by molar-refractivity contribution is 0.0631. The molecule has 1 N–H and O–H groups in total. The Labute approximate surface area is 118 Å². The second-order valence-electron chi connectivity index (χ2n) is 5.62. The van der Waals surface area contributed by atoms with Crippen molar-refractivity contribution >= 4 is 17.2 Å². The highest BCUT2D eigenvalue weighted by Crippen LogP contribution is 2.30. The first-order chi connectivity index (χ1) is 9.02. The molecule has 0 aliphatic carbocycles. The van der Waals surface area contributed by atoms with E-state index < -0.39 is 0 Å². The molecular formula is C15H19NO2S. The Kier molecular flexibility index (Phi) is 4.28. The lowest BCUT2D eigenvalue weighted by Crippen LogP contribution is -2.41. The number of aliphatic hydroxyl groups is 1. The smallest absolute Gasteiger partial charge is 0.254 e. The van der Waals surface area contributed by atoms with Gasteiger partial charge in [-0.05, 0) is 24.3 Å². The third-order valence-corrected chi connectivity index (χ3v) is 4.39. The van der Waals surface area contributed by atoms with Crippen molar-refractivity contribution in [1.29, 1.82) is 0 Å². The fraction of sp³-hybridized carbons (Fsp3) is 0.533. The molecule has 4 heteroatoms. The van der Waals surface area contributed by atoms with Crippen LogP contribution in [0.4, 0.5) is 0 Å². The first-order valence-electron chi connectivity index (χ1n) is 6.49. The Morgan fingerprint density at radius 1 is 1.47 bits per heavy atom. The van der Waals surface area contributed by atoms with Crippen LogP contribution < -0.4 is 0 Å².